The van der Waals surface area contributed by atoms with Gasteiger partial charge in [-0.25, -0.2) is 0 Å². The SMILES string of the molecule is C=CCOC[C@H](O)CN(CCC(C)C)Cc1cccc(OC)c1. The van der Waals surface area contributed by atoms with E-state index in [4.69, 9.17) is 9.47 Å². The van der Waals surface area contributed by atoms with Crippen LogP contribution in [0.2, 0.25) is 0 Å². The van der Waals surface area contributed by atoms with Crippen LogP contribution in [0.15, 0.2) is 36.9 Å². The van der Waals surface area contributed by atoms with Gasteiger partial charge in [-0.1, -0.05) is 32.1 Å². The van der Waals surface area contributed by atoms with Gasteiger partial charge >= 0.3 is 0 Å². The Morgan fingerprint density at radius 2 is 2.13 bits per heavy atom. The Hall–Kier alpha value is -1.36. The minimum Gasteiger partial charge on any atom is -0.497 e. The lowest BCUT2D eigenvalue weighted by molar-refractivity contribution is 0.0237. The number of ether oxygens (including phenoxy) is 2. The molecule has 0 saturated heterocycles. The zero-order chi connectivity index (χ0) is 17.1. The van der Waals surface area contributed by atoms with Gasteiger partial charge in [-0.2, -0.15) is 0 Å². The zero-order valence-electron chi connectivity index (χ0n) is 14.7. The van der Waals surface area contributed by atoms with E-state index in [-0.39, 0.29) is 0 Å². The smallest absolute Gasteiger partial charge is 0.119 e. The van der Waals surface area contributed by atoms with Crippen molar-refractivity contribution in [1.29, 1.82) is 0 Å². The van der Waals surface area contributed by atoms with Crippen molar-refractivity contribution in [3.8, 4) is 5.75 Å². The predicted molar refractivity (Wildman–Crippen MR) is 94.7 cm³/mol. The van der Waals surface area contributed by atoms with E-state index in [9.17, 15) is 5.11 Å². The number of hydrogen-bond donors (Lipinski definition) is 1. The normalized spacial score (nSPS) is 12.6. The van der Waals surface area contributed by atoms with Crippen LogP contribution in [0, 0.1) is 5.92 Å². The fourth-order valence-electron chi connectivity index (χ4n) is 2.34. The van der Waals surface area contributed by atoms with Crippen LogP contribution < -0.4 is 4.74 Å². The highest BCUT2D eigenvalue weighted by atomic mass is 16.5. The second-order valence-corrected chi connectivity index (χ2v) is 6.25. The Kier molecular flexibility index (Phi) is 9.60. The van der Waals surface area contributed by atoms with Crippen LogP contribution in [0.5, 0.6) is 5.75 Å². The highest BCUT2D eigenvalue weighted by molar-refractivity contribution is 5.28. The first-order valence-corrected chi connectivity index (χ1v) is 8.27. The van der Waals surface area contributed by atoms with E-state index in [0.29, 0.717) is 25.7 Å². The first-order chi connectivity index (χ1) is 11.0. The van der Waals surface area contributed by atoms with Gasteiger partial charge in [-0.15, -0.1) is 6.58 Å². The van der Waals surface area contributed by atoms with E-state index >= 15 is 0 Å². The number of methoxy groups -OCH3 is 1. The van der Waals surface area contributed by atoms with Gasteiger partial charge in [-0.05, 0) is 36.6 Å². The molecule has 0 fully saturated rings. The summed E-state index contributed by atoms with van der Waals surface area (Å²) < 4.78 is 10.6. The van der Waals surface area contributed by atoms with Crippen molar-refractivity contribution in [2.75, 3.05) is 33.4 Å². The lowest BCUT2D eigenvalue weighted by Crippen LogP contribution is -2.35. The average Bonchev–Trinajstić information content (AvgIpc) is 2.53. The van der Waals surface area contributed by atoms with Crippen molar-refractivity contribution in [2.24, 2.45) is 5.92 Å². The van der Waals surface area contributed by atoms with Crippen molar-refractivity contribution >= 4 is 0 Å². The minimum absolute atomic E-state index is 0.336. The Balaban J connectivity index is 2.61. The Morgan fingerprint density at radius 1 is 1.35 bits per heavy atom. The van der Waals surface area contributed by atoms with Crippen molar-refractivity contribution in [3.05, 3.63) is 42.5 Å². The van der Waals surface area contributed by atoms with Gasteiger partial charge in [0.1, 0.15) is 5.75 Å². The summed E-state index contributed by atoms with van der Waals surface area (Å²) in [6.45, 7) is 11.2. The molecule has 0 aliphatic heterocycles. The second kappa shape index (κ2) is 11.2. The highest BCUT2D eigenvalue weighted by Gasteiger charge is 2.13. The summed E-state index contributed by atoms with van der Waals surface area (Å²) in [7, 11) is 1.68. The molecule has 0 radical (unpaired) electrons. The summed E-state index contributed by atoms with van der Waals surface area (Å²) in [6.07, 6.45) is 2.30. The molecule has 1 aromatic carbocycles. The lowest BCUT2D eigenvalue weighted by Gasteiger charge is -2.26. The standard InChI is InChI=1S/C19H31NO3/c1-5-11-23-15-18(21)14-20(10-9-16(2)3)13-17-7-6-8-19(12-17)22-4/h5-8,12,16,18,21H,1,9-11,13-15H2,2-4H3/t18-/m1/s1. The van der Waals surface area contributed by atoms with E-state index in [1.165, 1.54) is 5.56 Å². The molecule has 0 saturated carbocycles. The maximum atomic E-state index is 10.2. The molecular weight excluding hydrogens is 290 g/mol. The Bertz CT molecular complexity index is 448. The quantitative estimate of drug-likeness (QED) is 0.474. The maximum Gasteiger partial charge on any atom is 0.119 e. The van der Waals surface area contributed by atoms with Gasteiger partial charge in [0.2, 0.25) is 0 Å². The third-order valence-electron chi connectivity index (χ3n) is 3.58. The molecule has 23 heavy (non-hydrogen) atoms. The van der Waals surface area contributed by atoms with E-state index in [1.54, 1.807) is 13.2 Å². The third-order valence-corrected chi connectivity index (χ3v) is 3.58. The molecule has 1 rings (SSSR count). The Labute approximate surface area is 140 Å². The number of hydrogen-bond acceptors (Lipinski definition) is 4. The fourth-order valence-corrected chi connectivity index (χ4v) is 2.34. The molecule has 130 valence electrons. The molecule has 0 aromatic heterocycles. The lowest BCUT2D eigenvalue weighted by atomic mass is 10.1. The molecule has 4 nitrogen and oxygen atoms in total. The molecule has 1 aromatic rings. The van der Waals surface area contributed by atoms with E-state index in [1.807, 2.05) is 18.2 Å². The third kappa shape index (κ3) is 8.74. The Morgan fingerprint density at radius 3 is 2.78 bits per heavy atom. The molecule has 1 atom stereocenters. The van der Waals surface area contributed by atoms with Crippen LogP contribution in [0.25, 0.3) is 0 Å². The van der Waals surface area contributed by atoms with Gasteiger partial charge in [0.25, 0.3) is 0 Å². The number of aliphatic hydroxyl groups excluding tert-OH is 1. The van der Waals surface area contributed by atoms with Gasteiger partial charge in [0.05, 0.1) is 26.4 Å². The van der Waals surface area contributed by atoms with Crippen molar-refractivity contribution in [1.82, 2.24) is 4.90 Å². The second-order valence-electron chi connectivity index (χ2n) is 6.25. The maximum absolute atomic E-state index is 10.2. The van der Waals surface area contributed by atoms with Gasteiger partial charge in [-0.3, -0.25) is 4.90 Å². The summed E-state index contributed by atoms with van der Waals surface area (Å²) in [5.74, 6) is 1.50. The van der Waals surface area contributed by atoms with E-state index in [2.05, 4.69) is 31.4 Å². The van der Waals surface area contributed by atoms with Crippen LogP contribution in [0.1, 0.15) is 25.8 Å². The van der Waals surface area contributed by atoms with Gasteiger partial charge < -0.3 is 14.6 Å². The summed E-state index contributed by atoms with van der Waals surface area (Å²) in [4.78, 5) is 2.27. The zero-order valence-corrected chi connectivity index (χ0v) is 14.7. The fraction of sp³-hybridized carbons (Fsp3) is 0.579. The first-order valence-electron chi connectivity index (χ1n) is 8.27. The number of rotatable bonds is 12. The summed E-state index contributed by atoms with van der Waals surface area (Å²) in [5.41, 5.74) is 1.19. The van der Waals surface area contributed by atoms with E-state index < -0.39 is 6.10 Å². The number of benzene rings is 1. The van der Waals surface area contributed by atoms with Crippen LogP contribution in [-0.4, -0.2) is 49.5 Å². The van der Waals surface area contributed by atoms with Crippen molar-refractivity contribution < 1.29 is 14.6 Å². The summed E-state index contributed by atoms with van der Waals surface area (Å²) in [6, 6.07) is 8.08. The van der Waals surface area contributed by atoms with E-state index in [0.717, 1.165) is 25.3 Å². The summed E-state index contributed by atoms with van der Waals surface area (Å²) in [5, 5.41) is 10.2. The van der Waals surface area contributed by atoms with Crippen LogP contribution in [0.4, 0.5) is 0 Å². The molecule has 0 bridgehead atoms. The molecule has 0 aliphatic rings. The molecule has 0 amide bonds. The topological polar surface area (TPSA) is 41.9 Å². The average molecular weight is 321 g/mol. The monoisotopic (exact) mass is 321 g/mol. The van der Waals surface area contributed by atoms with Crippen molar-refractivity contribution in [3.63, 3.8) is 0 Å². The molecule has 0 spiro atoms. The molecule has 0 heterocycles. The van der Waals surface area contributed by atoms with Crippen molar-refractivity contribution in [2.45, 2.75) is 32.9 Å². The number of nitrogens with zero attached hydrogens (tertiary/aromatic N) is 1. The van der Waals surface area contributed by atoms with Crippen LogP contribution >= 0.6 is 0 Å². The minimum atomic E-state index is -0.493. The van der Waals surface area contributed by atoms with Gasteiger partial charge in [0.15, 0.2) is 0 Å². The molecule has 0 aliphatic carbocycles. The predicted octanol–water partition coefficient (Wildman–Crippen LogP) is 3.11. The molecule has 0 unspecified atom stereocenters. The molecule has 1 N–H and O–H groups in total. The van der Waals surface area contributed by atoms with Gasteiger partial charge in [0, 0.05) is 13.1 Å². The first kappa shape index (κ1) is 19.7. The highest BCUT2D eigenvalue weighted by Crippen LogP contribution is 2.15. The van der Waals surface area contributed by atoms with Crippen LogP contribution in [0.3, 0.4) is 0 Å². The van der Waals surface area contributed by atoms with Crippen LogP contribution in [-0.2, 0) is 11.3 Å². The number of aliphatic hydroxyl groups is 1. The largest absolute Gasteiger partial charge is 0.497 e. The molecule has 4 heteroatoms. The summed E-state index contributed by atoms with van der Waals surface area (Å²) >= 11 is 0. The molecular formula is C19H31NO3.